The molecule has 180 valence electrons. The third kappa shape index (κ3) is 4.48. The van der Waals surface area contributed by atoms with Crippen LogP contribution in [-0.4, -0.2) is 72.0 Å². The molecule has 1 aromatic carbocycles. The number of anilines is 2. The van der Waals surface area contributed by atoms with Gasteiger partial charge in [-0.05, 0) is 24.3 Å². The maximum Gasteiger partial charge on any atom is 0.224 e. The second-order valence-electron chi connectivity index (χ2n) is 8.29. The lowest BCUT2D eigenvalue weighted by atomic mass is 10.0. The number of piperidine rings is 1. The fourth-order valence-corrected chi connectivity index (χ4v) is 4.37. The van der Waals surface area contributed by atoms with Gasteiger partial charge < -0.3 is 29.2 Å². The lowest BCUT2D eigenvalue weighted by Crippen LogP contribution is -2.45. The zero-order chi connectivity index (χ0) is 23.5. The van der Waals surface area contributed by atoms with Crippen molar-refractivity contribution in [1.82, 2.24) is 19.8 Å². The Morgan fingerprint density at radius 3 is 2.56 bits per heavy atom. The Morgan fingerprint density at radius 2 is 1.82 bits per heavy atom. The Balaban J connectivity index is 1.22. The van der Waals surface area contributed by atoms with Crippen LogP contribution in [0.2, 0.25) is 0 Å². The molecule has 11 nitrogen and oxygen atoms in total. The molecule has 0 aliphatic carbocycles. The number of carbonyl (C=O) groups excluding carboxylic acids is 1. The number of methoxy groups -OCH3 is 2. The minimum atomic E-state index is -0.427. The third-order valence-electron chi connectivity index (χ3n) is 6.22. The van der Waals surface area contributed by atoms with Crippen molar-refractivity contribution in [2.75, 3.05) is 50.7 Å². The van der Waals surface area contributed by atoms with Gasteiger partial charge in [0.15, 0.2) is 28.8 Å². The molecule has 34 heavy (non-hydrogen) atoms. The predicted molar refractivity (Wildman–Crippen MR) is 123 cm³/mol. The zero-order valence-corrected chi connectivity index (χ0v) is 19.3. The molecule has 4 heterocycles. The summed E-state index contributed by atoms with van der Waals surface area (Å²) >= 11 is 0. The van der Waals surface area contributed by atoms with E-state index in [9.17, 15) is 4.79 Å². The fraction of sp³-hybridized carbons (Fsp3) is 0.478. The monoisotopic (exact) mass is 468 g/mol. The molecule has 2 fully saturated rings. The fourth-order valence-electron chi connectivity index (χ4n) is 4.37. The average molecular weight is 469 g/mol. The van der Waals surface area contributed by atoms with Crippen molar-refractivity contribution < 1.29 is 23.7 Å². The first-order valence-electron chi connectivity index (χ1n) is 11.4. The number of ether oxygens (including phenoxy) is 4. The van der Waals surface area contributed by atoms with Crippen molar-refractivity contribution in [2.45, 2.75) is 31.5 Å². The van der Waals surface area contributed by atoms with E-state index in [2.05, 4.69) is 20.4 Å². The van der Waals surface area contributed by atoms with Crippen LogP contribution in [0.5, 0.6) is 11.5 Å². The number of amides is 1. The maximum atomic E-state index is 12.5. The quantitative estimate of drug-likeness (QED) is 0.557. The molecule has 3 aromatic rings. The topological polar surface area (TPSA) is 112 Å². The number of nitrogens with zero attached hydrogens (tertiary/aromatic N) is 5. The largest absolute Gasteiger partial charge is 0.493 e. The van der Waals surface area contributed by atoms with Crippen LogP contribution in [0.15, 0.2) is 30.3 Å². The second-order valence-corrected chi connectivity index (χ2v) is 8.29. The van der Waals surface area contributed by atoms with Crippen LogP contribution < -0.4 is 19.7 Å². The Hall–Kier alpha value is -3.44. The van der Waals surface area contributed by atoms with Crippen molar-refractivity contribution >= 4 is 23.1 Å². The van der Waals surface area contributed by atoms with Crippen LogP contribution in [0.25, 0.3) is 5.65 Å². The van der Waals surface area contributed by atoms with E-state index in [0.717, 1.165) is 31.7 Å². The lowest BCUT2D eigenvalue weighted by molar-refractivity contribution is -0.169. The standard InChI is InChI=1S/C23H28N6O5/c1-31-17-4-3-16(15-18(17)32-2)24-22(30)8-7-20-26-25-19-5-6-21(27-29(19)20)28-11-9-23(10-12-28)33-13-14-34-23/h3-6,15H,7-14H2,1-2H3,(H,24,30). The number of hydrogen-bond acceptors (Lipinski definition) is 9. The second kappa shape index (κ2) is 9.43. The summed E-state index contributed by atoms with van der Waals surface area (Å²) in [7, 11) is 3.12. The molecule has 0 saturated carbocycles. The van der Waals surface area contributed by atoms with Crippen molar-refractivity contribution in [3.63, 3.8) is 0 Å². The first-order valence-corrected chi connectivity index (χ1v) is 11.4. The molecule has 1 amide bonds. The zero-order valence-electron chi connectivity index (χ0n) is 19.3. The highest BCUT2D eigenvalue weighted by atomic mass is 16.7. The smallest absolute Gasteiger partial charge is 0.224 e. The number of carbonyl (C=O) groups is 1. The minimum absolute atomic E-state index is 0.141. The highest BCUT2D eigenvalue weighted by molar-refractivity contribution is 5.91. The number of aromatic nitrogens is 4. The van der Waals surface area contributed by atoms with Crippen LogP contribution in [-0.2, 0) is 20.7 Å². The summed E-state index contributed by atoms with van der Waals surface area (Å²) in [5.74, 6) is 2.06. The van der Waals surface area contributed by atoms with E-state index in [1.807, 2.05) is 12.1 Å². The van der Waals surface area contributed by atoms with Crippen LogP contribution in [0.4, 0.5) is 11.5 Å². The summed E-state index contributed by atoms with van der Waals surface area (Å²) in [4.78, 5) is 14.8. The third-order valence-corrected chi connectivity index (χ3v) is 6.22. The van der Waals surface area contributed by atoms with E-state index in [1.165, 1.54) is 0 Å². The molecule has 0 radical (unpaired) electrons. The average Bonchev–Trinajstić information content (AvgIpc) is 3.49. The Labute approximate surface area is 196 Å². The van der Waals surface area contributed by atoms with Gasteiger partial charge in [0.05, 0.1) is 27.4 Å². The molecule has 0 bridgehead atoms. The highest BCUT2D eigenvalue weighted by Gasteiger charge is 2.40. The molecule has 2 aliphatic rings. The van der Waals surface area contributed by atoms with Crippen LogP contribution in [0.3, 0.4) is 0 Å². The van der Waals surface area contributed by atoms with Crippen LogP contribution in [0.1, 0.15) is 25.1 Å². The van der Waals surface area contributed by atoms with Crippen molar-refractivity contribution in [2.24, 2.45) is 0 Å². The van der Waals surface area contributed by atoms with Crippen molar-refractivity contribution in [3.8, 4) is 11.5 Å². The van der Waals surface area contributed by atoms with Crippen molar-refractivity contribution in [1.29, 1.82) is 0 Å². The molecular formula is C23H28N6O5. The highest BCUT2D eigenvalue weighted by Crippen LogP contribution is 2.33. The molecule has 1 spiro atoms. The first kappa shape index (κ1) is 22.4. The molecule has 1 N–H and O–H groups in total. The SMILES string of the molecule is COc1ccc(NC(=O)CCc2nnc3ccc(N4CCC5(CC4)OCCO5)nn23)cc1OC. The number of fused-ring (bicyclic) bond motifs is 1. The number of hydrogen-bond donors (Lipinski definition) is 1. The molecule has 11 heteroatoms. The van der Waals surface area contributed by atoms with Gasteiger partial charge in [0.2, 0.25) is 5.91 Å². The van der Waals surface area contributed by atoms with Crippen molar-refractivity contribution in [3.05, 3.63) is 36.2 Å². The molecule has 5 rings (SSSR count). The van der Waals surface area contributed by atoms with Gasteiger partial charge in [-0.3, -0.25) is 4.79 Å². The van der Waals surface area contributed by atoms with Gasteiger partial charge in [-0.15, -0.1) is 15.3 Å². The Morgan fingerprint density at radius 1 is 1.06 bits per heavy atom. The summed E-state index contributed by atoms with van der Waals surface area (Å²) in [5, 5.41) is 16.1. The van der Waals surface area contributed by atoms with E-state index in [-0.39, 0.29) is 12.3 Å². The molecule has 2 aliphatic heterocycles. The lowest BCUT2D eigenvalue weighted by Gasteiger charge is -2.38. The van der Waals surface area contributed by atoms with Gasteiger partial charge in [0, 0.05) is 50.5 Å². The Kier molecular flexibility index (Phi) is 6.20. The van der Waals surface area contributed by atoms with E-state index < -0.39 is 5.79 Å². The summed E-state index contributed by atoms with van der Waals surface area (Å²) in [6.45, 7) is 2.91. The van der Waals surface area contributed by atoms with Gasteiger partial charge in [-0.2, -0.15) is 4.52 Å². The van der Waals surface area contributed by atoms with Crippen LogP contribution >= 0.6 is 0 Å². The van der Waals surface area contributed by atoms with Gasteiger partial charge in [-0.1, -0.05) is 0 Å². The van der Waals surface area contributed by atoms with Crippen LogP contribution in [0, 0.1) is 0 Å². The van der Waals surface area contributed by atoms with E-state index >= 15 is 0 Å². The first-order chi connectivity index (χ1) is 16.6. The molecule has 2 aromatic heterocycles. The number of nitrogens with one attached hydrogen (secondary N) is 1. The number of rotatable bonds is 7. The minimum Gasteiger partial charge on any atom is -0.493 e. The summed E-state index contributed by atoms with van der Waals surface area (Å²) in [6, 6.07) is 9.09. The molecule has 0 unspecified atom stereocenters. The van der Waals surface area contributed by atoms with E-state index in [1.54, 1.807) is 36.9 Å². The molecular weight excluding hydrogens is 440 g/mol. The van der Waals surface area contributed by atoms with E-state index in [0.29, 0.717) is 48.3 Å². The molecule has 0 atom stereocenters. The number of benzene rings is 1. The van der Waals surface area contributed by atoms with Gasteiger partial charge in [-0.25, -0.2) is 0 Å². The number of aryl methyl sites for hydroxylation is 1. The maximum absolute atomic E-state index is 12.5. The van der Waals surface area contributed by atoms with E-state index in [4.69, 9.17) is 24.0 Å². The van der Waals surface area contributed by atoms with Gasteiger partial charge in [0.1, 0.15) is 5.82 Å². The summed E-state index contributed by atoms with van der Waals surface area (Å²) in [5.41, 5.74) is 1.28. The van der Waals surface area contributed by atoms with Gasteiger partial charge >= 0.3 is 0 Å². The normalized spacial score (nSPS) is 17.3. The van der Waals surface area contributed by atoms with Gasteiger partial charge in [0.25, 0.3) is 0 Å². The summed E-state index contributed by atoms with van der Waals surface area (Å²) in [6.07, 6.45) is 2.25. The molecule has 2 saturated heterocycles. The summed E-state index contributed by atoms with van der Waals surface area (Å²) < 4.78 is 23.9. The Bertz CT molecular complexity index is 1170. The predicted octanol–water partition coefficient (Wildman–Crippen LogP) is 2.06.